The third-order valence-electron chi connectivity index (χ3n) is 7.55. The molecule has 3 amide bonds. The molecule has 44 heavy (non-hydrogen) atoms. The number of aryl methyl sites for hydroxylation is 1. The van der Waals surface area contributed by atoms with Crippen LogP contribution in [0.1, 0.15) is 76.2 Å². The van der Waals surface area contributed by atoms with E-state index in [0.717, 1.165) is 17.5 Å². The number of ether oxygens (including phenoxy) is 1. The van der Waals surface area contributed by atoms with Gasteiger partial charge in [0.25, 0.3) is 0 Å². The molecule has 0 aliphatic carbocycles. The molecule has 238 valence electrons. The van der Waals surface area contributed by atoms with Crippen molar-refractivity contribution >= 4 is 29.5 Å². The van der Waals surface area contributed by atoms with Crippen LogP contribution in [0.5, 0.6) is 0 Å². The van der Waals surface area contributed by atoms with Crippen LogP contribution < -0.4 is 16.1 Å². The van der Waals surface area contributed by atoms with E-state index in [2.05, 4.69) is 35.1 Å². The lowest BCUT2D eigenvalue weighted by Gasteiger charge is -2.36. The van der Waals surface area contributed by atoms with Gasteiger partial charge in [-0.2, -0.15) is 0 Å². The highest BCUT2D eigenvalue weighted by atomic mass is 16.5. The smallest absolute Gasteiger partial charge is 0.338 e. The summed E-state index contributed by atoms with van der Waals surface area (Å²) in [5.41, 5.74) is 6.55. The molecule has 1 aliphatic heterocycles. The molecule has 0 bridgehead atoms. The Labute approximate surface area is 260 Å². The van der Waals surface area contributed by atoms with Crippen LogP contribution in [0.2, 0.25) is 0 Å². The molecule has 2 aromatic carbocycles. The van der Waals surface area contributed by atoms with E-state index in [1.54, 1.807) is 26.0 Å². The summed E-state index contributed by atoms with van der Waals surface area (Å²) in [5.74, 6) is -2.04. The Morgan fingerprint density at radius 3 is 2.18 bits per heavy atom. The van der Waals surface area contributed by atoms with E-state index in [9.17, 15) is 24.0 Å². The summed E-state index contributed by atoms with van der Waals surface area (Å²) in [4.78, 5) is 63.9. The Hall–Kier alpha value is -4.05. The first-order valence-electron chi connectivity index (χ1n) is 15.5. The van der Waals surface area contributed by atoms with Crippen LogP contribution in [-0.2, 0) is 30.3 Å². The third-order valence-corrected chi connectivity index (χ3v) is 7.55. The van der Waals surface area contributed by atoms with Gasteiger partial charge in [-0.15, -0.1) is 0 Å². The summed E-state index contributed by atoms with van der Waals surface area (Å²) in [5, 5.41) is 6.82. The minimum absolute atomic E-state index is 0.0369. The second-order valence-corrected chi connectivity index (χ2v) is 11.9. The van der Waals surface area contributed by atoms with Crippen LogP contribution in [0.15, 0.2) is 48.5 Å². The quantitative estimate of drug-likeness (QED) is 0.278. The van der Waals surface area contributed by atoms with Crippen molar-refractivity contribution in [1.29, 1.82) is 0 Å². The molecule has 0 spiro atoms. The fraction of sp³-hybridized carbons (Fsp3) is 0.500. The number of nitrogens with one attached hydrogen (secondary N) is 3. The number of Topliss-reactive ketones (excluding diaryl/α,β-unsaturated/α-hetero) is 1. The summed E-state index contributed by atoms with van der Waals surface area (Å²) < 4.78 is 5.32. The van der Waals surface area contributed by atoms with Crippen molar-refractivity contribution in [2.24, 2.45) is 11.8 Å². The second-order valence-electron chi connectivity index (χ2n) is 11.9. The van der Waals surface area contributed by atoms with Crippen LogP contribution in [0.25, 0.3) is 11.1 Å². The number of rotatable bonds is 14. The largest absolute Gasteiger partial charge is 0.454 e. The average molecular weight is 607 g/mol. The molecule has 0 radical (unpaired) electrons. The van der Waals surface area contributed by atoms with Crippen molar-refractivity contribution in [2.75, 3.05) is 19.7 Å². The number of hydrazine groups is 1. The molecule has 10 heteroatoms. The topological polar surface area (TPSA) is 134 Å². The number of amides is 3. The average Bonchev–Trinajstić information content (AvgIpc) is 3.01. The molecule has 2 unspecified atom stereocenters. The van der Waals surface area contributed by atoms with Crippen LogP contribution in [0.4, 0.5) is 0 Å². The molecule has 3 rings (SSSR count). The number of esters is 1. The molecule has 10 nitrogen and oxygen atoms in total. The maximum Gasteiger partial charge on any atom is 0.338 e. The molecular weight excluding hydrogens is 560 g/mol. The zero-order valence-corrected chi connectivity index (χ0v) is 26.5. The van der Waals surface area contributed by atoms with Crippen molar-refractivity contribution in [3.8, 4) is 11.1 Å². The highest BCUT2D eigenvalue weighted by Gasteiger charge is 2.35. The van der Waals surface area contributed by atoms with E-state index in [4.69, 9.17) is 4.74 Å². The number of ketones is 1. The fourth-order valence-corrected chi connectivity index (χ4v) is 5.03. The number of benzene rings is 2. The van der Waals surface area contributed by atoms with Crippen molar-refractivity contribution < 1.29 is 28.7 Å². The van der Waals surface area contributed by atoms with E-state index < -0.39 is 36.4 Å². The van der Waals surface area contributed by atoms with Gasteiger partial charge >= 0.3 is 5.97 Å². The molecule has 1 heterocycles. The molecule has 0 saturated carbocycles. The first kappa shape index (κ1) is 34.4. The molecule has 3 N–H and O–H groups in total. The number of carbonyl (C=O) groups excluding carboxylic acids is 5. The number of hydrogen-bond donors (Lipinski definition) is 3. The first-order chi connectivity index (χ1) is 21.0. The standard InChI is InChI=1S/C34H46N4O6/c1-6-24-9-11-25(12-10-24)26-13-15-27(16-14-26)34(43)44-21-29(39)32(23(4)5)37-33(42)28-8-7-18-36-38(28)31(41)17-19-35-30(40)20-22(2)3/h9-16,22-23,28,32,36H,6-8,17-21H2,1-5H3,(H,35,40)(H,37,42). The lowest BCUT2D eigenvalue weighted by atomic mass is 9.98. The highest BCUT2D eigenvalue weighted by Crippen LogP contribution is 2.21. The summed E-state index contributed by atoms with van der Waals surface area (Å²) in [7, 11) is 0. The summed E-state index contributed by atoms with van der Waals surface area (Å²) in [6.45, 7) is 9.77. The fourth-order valence-electron chi connectivity index (χ4n) is 5.03. The van der Waals surface area contributed by atoms with Crippen LogP contribution in [0, 0.1) is 11.8 Å². The minimum atomic E-state index is -0.905. The van der Waals surface area contributed by atoms with Gasteiger partial charge in [-0.25, -0.2) is 10.2 Å². The van der Waals surface area contributed by atoms with E-state index in [1.807, 2.05) is 38.1 Å². The second kappa shape index (κ2) is 16.7. The van der Waals surface area contributed by atoms with Gasteiger partial charge in [0.15, 0.2) is 12.4 Å². The van der Waals surface area contributed by atoms with Gasteiger partial charge in [0.2, 0.25) is 17.7 Å². The SMILES string of the molecule is CCc1ccc(-c2ccc(C(=O)OCC(=O)C(NC(=O)C3CCCNN3C(=O)CCNC(=O)CC(C)C)C(C)C)cc2)cc1. The zero-order chi connectivity index (χ0) is 32.2. The minimum Gasteiger partial charge on any atom is -0.454 e. The van der Waals surface area contributed by atoms with Gasteiger partial charge in [-0.1, -0.05) is 71.0 Å². The maximum absolute atomic E-state index is 13.3. The Balaban J connectivity index is 1.54. The van der Waals surface area contributed by atoms with Gasteiger partial charge in [0, 0.05) is 25.9 Å². The van der Waals surface area contributed by atoms with Crippen molar-refractivity contribution in [2.45, 2.75) is 78.8 Å². The van der Waals surface area contributed by atoms with E-state index in [0.29, 0.717) is 31.4 Å². The van der Waals surface area contributed by atoms with Gasteiger partial charge in [0.1, 0.15) is 6.04 Å². The van der Waals surface area contributed by atoms with Crippen molar-refractivity contribution in [3.63, 3.8) is 0 Å². The highest BCUT2D eigenvalue weighted by molar-refractivity contribution is 5.96. The maximum atomic E-state index is 13.3. The summed E-state index contributed by atoms with van der Waals surface area (Å²) in [6, 6.07) is 13.5. The molecule has 0 aromatic heterocycles. The Bertz CT molecular complexity index is 1290. The first-order valence-corrected chi connectivity index (χ1v) is 15.5. The van der Waals surface area contributed by atoms with E-state index in [1.165, 1.54) is 10.6 Å². The predicted molar refractivity (Wildman–Crippen MR) is 168 cm³/mol. The molecular formula is C34H46N4O6. The molecule has 1 aliphatic rings. The lowest BCUT2D eigenvalue weighted by molar-refractivity contribution is -0.147. The monoisotopic (exact) mass is 606 g/mol. The van der Waals surface area contributed by atoms with Crippen LogP contribution in [-0.4, -0.2) is 66.3 Å². The molecule has 2 atom stereocenters. The summed E-state index contributed by atoms with van der Waals surface area (Å²) >= 11 is 0. The molecule has 1 saturated heterocycles. The molecule has 1 fully saturated rings. The van der Waals surface area contributed by atoms with Gasteiger partial charge in [0.05, 0.1) is 11.6 Å². The zero-order valence-electron chi connectivity index (χ0n) is 26.5. The van der Waals surface area contributed by atoms with E-state index >= 15 is 0 Å². The lowest BCUT2D eigenvalue weighted by Crippen LogP contribution is -2.61. The van der Waals surface area contributed by atoms with Gasteiger partial charge in [-0.3, -0.25) is 24.2 Å². The number of nitrogens with zero attached hydrogens (tertiary/aromatic N) is 1. The van der Waals surface area contributed by atoms with Crippen molar-refractivity contribution in [1.82, 2.24) is 21.1 Å². The number of carbonyl (C=O) groups is 5. The normalized spacial score (nSPS) is 15.5. The third kappa shape index (κ3) is 10.0. The Kier molecular flexibility index (Phi) is 13.1. The van der Waals surface area contributed by atoms with Crippen molar-refractivity contribution in [3.05, 3.63) is 59.7 Å². The Morgan fingerprint density at radius 1 is 0.955 bits per heavy atom. The van der Waals surface area contributed by atoms with Gasteiger partial charge in [-0.05, 0) is 59.9 Å². The van der Waals surface area contributed by atoms with Crippen LogP contribution >= 0.6 is 0 Å². The van der Waals surface area contributed by atoms with E-state index in [-0.39, 0.29) is 36.6 Å². The van der Waals surface area contributed by atoms with Crippen LogP contribution in [0.3, 0.4) is 0 Å². The summed E-state index contributed by atoms with van der Waals surface area (Å²) in [6.07, 6.45) is 2.48. The van der Waals surface area contributed by atoms with Gasteiger partial charge < -0.3 is 15.4 Å². The molecule has 2 aromatic rings. The number of hydrogen-bond acceptors (Lipinski definition) is 7. The Morgan fingerprint density at radius 2 is 1.59 bits per heavy atom. The predicted octanol–water partition coefficient (Wildman–Crippen LogP) is 3.83.